The minimum atomic E-state index is -0.414. The molecule has 27 heavy (non-hydrogen) atoms. The molecule has 0 aliphatic heterocycles. The van der Waals surface area contributed by atoms with Gasteiger partial charge in [0.2, 0.25) is 5.75 Å². The number of nitrogens with zero attached hydrogens (tertiary/aromatic N) is 1. The third-order valence-electron chi connectivity index (χ3n) is 3.72. The fourth-order valence-corrected chi connectivity index (χ4v) is 2.39. The van der Waals surface area contributed by atoms with Crippen molar-refractivity contribution in [1.29, 1.82) is 0 Å². The predicted octanol–water partition coefficient (Wildman–Crippen LogP) is 2.49. The molecule has 2 rings (SSSR count). The van der Waals surface area contributed by atoms with E-state index >= 15 is 0 Å². The van der Waals surface area contributed by atoms with Gasteiger partial charge in [0.15, 0.2) is 11.5 Å². The number of nitrogens with one attached hydrogen (secondary N) is 1. The van der Waals surface area contributed by atoms with E-state index in [1.165, 1.54) is 41.8 Å². The van der Waals surface area contributed by atoms with Gasteiger partial charge in [-0.15, -0.1) is 0 Å². The highest BCUT2D eigenvalue weighted by Crippen LogP contribution is 2.38. The van der Waals surface area contributed by atoms with Crippen molar-refractivity contribution < 1.29 is 28.5 Å². The first-order valence-electron chi connectivity index (χ1n) is 7.93. The molecule has 0 saturated heterocycles. The van der Waals surface area contributed by atoms with Gasteiger partial charge in [0.05, 0.1) is 41.8 Å². The van der Waals surface area contributed by atoms with Crippen LogP contribution >= 0.6 is 0 Å². The van der Waals surface area contributed by atoms with E-state index in [1.807, 2.05) is 0 Å². The maximum absolute atomic E-state index is 12.3. The Bertz CT molecular complexity index is 813. The number of carbonyl (C=O) groups excluding carboxylic acids is 1. The van der Waals surface area contributed by atoms with Crippen molar-refractivity contribution in [3.8, 4) is 28.7 Å². The molecule has 0 aromatic heterocycles. The van der Waals surface area contributed by atoms with E-state index in [4.69, 9.17) is 23.7 Å². The highest BCUT2D eigenvalue weighted by atomic mass is 16.5. The molecule has 0 spiro atoms. The van der Waals surface area contributed by atoms with E-state index in [0.29, 0.717) is 39.9 Å². The first-order valence-corrected chi connectivity index (χ1v) is 7.93. The number of benzene rings is 2. The zero-order valence-electron chi connectivity index (χ0n) is 15.9. The number of amides is 1. The number of rotatable bonds is 8. The predicted molar refractivity (Wildman–Crippen MR) is 101 cm³/mol. The Morgan fingerprint density at radius 2 is 1.48 bits per heavy atom. The summed E-state index contributed by atoms with van der Waals surface area (Å²) in [6.45, 7) is 0. The van der Waals surface area contributed by atoms with Crippen LogP contribution in [0, 0.1) is 0 Å². The lowest BCUT2D eigenvalue weighted by atomic mass is 10.2. The molecule has 0 heterocycles. The molecule has 2 aromatic carbocycles. The molecule has 0 bridgehead atoms. The van der Waals surface area contributed by atoms with E-state index in [1.54, 1.807) is 30.3 Å². The topological polar surface area (TPSA) is 87.6 Å². The Labute approximate surface area is 157 Å². The lowest BCUT2D eigenvalue weighted by Crippen LogP contribution is -2.17. The van der Waals surface area contributed by atoms with Gasteiger partial charge in [-0.05, 0) is 24.3 Å². The minimum Gasteiger partial charge on any atom is -0.497 e. The molecule has 1 amide bonds. The van der Waals surface area contributed by atoms with Crippen molar-refractivity contribution in [2.45, 2.75) is 0 Å². The Hall–Kier alpha value is -3.42. The van der Waals surface area contributed by atoms with Gasteiger partial charge < -0.3 is 23.7 Å². The summed E-state index contributed by atoms with van der Waals surface area (Å²) < 4.78 is 26.2. The summed E-state index contributed by atoms with van der Waals surface area (Å²) >= 11 is 0. The molecule has 8 nitrogen and oxygen atoms in total. The summed E-state index contributed by atoms with van der Waals surface area (Å²) in [6, 6.07) is 8.31. The van der Waals surface area contributed by atoms with E-state index in [-0.39, 0.29) is 0 Å². The normalized spacial score (nSPS) is 10.4. The van der Waals surface area contributed by atoms with Crippen molar-refractivity contribution in [3.05, 3.63) is 41.5 Å². The van der Waals surface area contributed by atoms with Crippen LogP contribution in [0.5, 0.6) is 28.7 Å². The molecular weight excluding hydrogens is 352 g/mol. The van der Waals surface area contributed by atoms with Gasteiger partial charge in [0, 0.05) is 17.2 Å². The van der Waals surface area contributed by atoms with Gasteiger partial charge >= 0.3 is 0 Å². The van der Waals surface area contributed by atoms with Crippen LogP contribution in [-0.4, -0.2) is 47.7 Å². The zero-order valence-corrected chi connectivity index (χ0v) is 15.9. The highest BCUT2D eigenvalue weighted by Gasteiger charge is 2.15. The summed E-state index contributed by atoms with van der Waals surface area (Å²) in [6.07, 6.45) is 1.45. The Morgan fingerprint density at radius 1 is 0.852 bits per heavy atom. The maximum atomic E-state index is 12.3. The van der Waals surface area contributed by atoms with Crippen molar-refractivity contribution in [1.82, 2.24) is 5.43 Å². The van der Waals surface area contributed by atoms with E-state index < -0.39 is 5.91 Å². The van der Waals surface area contributed by atoms with Gasteiger partial charge in [-0.2, -0.15) is 5.10 Å². The van der Waals surface area contributed by atoms with Crippen molar-refractivity contribution in [2.75, 3.05) is 35.5 Å². The van der Waals surface area contributed by atoms with Crippen molar-refractivity contribution in [2.24, 2.45) is 5.10 Å². The van der Waals surface area contributed by atoms with Gasteiger partial charge in [-0.1, -0.05) is 0 Å². The van der Waals surface area contributed by atoms with Crippen LogP contribution in [0.2, 0.25) is 0 Å². The molecule has 0 aliphatic carbocycles. The lowest BCUT2D eigenvalue weighted by molar-refractivity contribution is 0.0954. The number of hydrazone groups is 1. The average molecular weight is 374 g/mol. The maximum Gasteiger partial charge on any atom is 0.271 e. The molecule has 0 saturated carbocycles. The second-order valence-electron chi connectivity index (χ2n) is 5.22. The molecule has 144 valence electrons. The second kappa shape index (κ2) is 9.33. The zero-order chi connectivity index (χ0) is 19.8. The molecule has 1 N–H and O–H groups in total. The van der Waals surface area contributed by atoms with Crippen LogP contribution in [0.4, 0.5) is 0 Å². The molecule has 0 aliphatic rings. The quantitative estimate of drug-likeness (QED) is 0.564. The molecule has 2 aromatic rings. The first-order chi connectivity index (χ1) is 13.1. The van der Waals surface area contributed by atoms with Crippen LogP contribution in [-0.2, 0) is 0 Å². The number of hydrogen-bond donors (Lipinski definition) is 1. The summed E-state index contributed by atoms with van der Waals surface area (Å²) in [5.41, 5.74) is 3.42. The SMILES string of the molecule is COc1cc(OC)cc(C(=O)N/N=C\c2ccc(OC)c(OC)c2OC)c1. The first kappa shape index (κ1) is 19.9. The third-order valence-corrected chi connectivity index (χ3v) is 3.72. The number of hydrogen-bond acceptors (Lipinski definition) is 7. The summed E-state index contributed by atoms with van der Waals surface area (Å²) in [4.78, 5) is 12.3. The minimum absolute atomic E-state index is 0.350. The fraction of sp³-hybridized carbons (Fsp3) is 0.263. The average Bonchev–Trinajstić information content (AvgIpc) is 2.72. The van der Waals surface area contributed by atoms with E-state index in [2.05, 4.69) is 10.5 Å². The molecule has 0 fully saturated rings. The number of carbonyl (C=O) groups is 1. The molecule has 8 heteroatoms. The van der Waals surface area contributed by atoms with E-state index in [0.717, 1.165) is 0 Å². The van der Waals surface area contributed by atoms with Gasteiger partial charge in [-0.3, -0.25) is 4.79 Å². The molecule has 0 unspecified atom stereocenters. The van der Waals surface area contributed by atoms with E-state index in [9.17, 15) is 4.79 Å². The summed E-state index contributed by atoms with van der Waals surface area (Å²) in [7, 11) is 7.58. The van der Waals surface area contributed by atoms with Crippen molar-refractivity contribution in [3.63, 3.8) is 0 Å². The molecule has 0 radical (unpaired) electrons. The van der Waals surface area contributed by atoms with Crippen LogP contribution < -0.4 is 29.1 Å². The largest absolute Gasteiger partial charge is 0.497 e. The number of methoxy groups -OCH3 is 5. The molecular formula is C19H22N2O6. The van der Waals surface area contributed by atoms with Crippen LogP contribution in [0.25, 0.3) is 0 Å². The third kappa shape index (κ3) is 4.60. The van der Waals surface area contributed by atoms with Gasteiger partial charge in [0.1, 0.15) is 11.5 Å². The lowest BCUT2D eigenvalue weighted by Gasteiger charge is -2.13. The second-order valence-corrected chi connectivity index (χ2v) is 5.22. The Morgan fingerprint density at radius 3 is 2.00 bits per heavy atom. The monoisotopic (exact) mass is 374 g/mol. The van der Waals surface area contributed by atoms with Crippen LogP contribution in [0.15, 0.2) is 35.4 Å². The summed E-state index contributed by atoms with van der Waals surface area (Å²) in [5, 5.41) is 3.99. The van der Waals surface area contributed by atoms with Gasteiger partial charge in [-0.25, -0.2) is 5.43 Å². The molecule has 0 atom stereocenters. The Balaban J connectivity index is 2.21. The Kier molecular flexibility index (Phi) is 6.87. The highest BCUT2D eigenvalue weighted by molar-refractivity contribution is 5.96. The standard InChI is InChI=1S/C19H22N2O6/c1-23-14-8-13(9-15(10-14)24-2)19(22)21-20-11-12-6-7-16(25-3)18(27-5)17(12)26-4/h6-11H,1-5H3,(H,21,22)/b20-11-. The summed E-state index contributed by atoms with van der Waals surface area (Å²) in [5.74, 6) is 2.00. The van der Waals surface area contributed by atoms with Gasteiger partial charge in [0.25, 0.3) is 5.91 Å². The van der Waals surface area contributed by atoms with Crippen LogP contribution in [0.3, 0.4) is 0 Å². The van der Waals surface area contributed by atoms with Crippen molar-refractivity contribution >= 4 is 12.1 Å². The fourth-order valence-electron chi connectivity index (χ4n) is 2.39. The smallest absolute Gasteiger partial charge is 0.271 e. The number of ether oxygens (including phenoxy) is 5. The van der Waals surface area contributed by atoms with Crippen LogP contribution in [0.1, 0.15) is 15.9 Å².